The van der Waals surface area contributed by atoms with Crippen molar-refractivity contribution in [3.8, 4) is 0 Å². The minimum atomic E-state index is 0.0889. The number of aliphatic hydroxyl groups excluding tert-OH is 1. The van der Waals surface area contributed by atoms with Crippen LogP contribution >= 0.6 is 11.8 Å². The Kier molecular flexibility index (Phi) is 7.81. The van der Waals surface area contributed by atoms with E-state index in [2.05, 4.69) is 26.1 Å². The summed E-state index contributed by atoms with van der Waals surface area (Å²) in [6, 6.07) is 0. The molecule has 3 heteroatoms. The molecule has 0 bridgehead atoms. The second-order valence-corrected chi connectivity index (χ2v) is 5.23. The molecule has 2 nitrogen and oxygen atoms in total. The van der Waals surface area contributed by atoms with Gasteiger partial charge in [0, 0.05) is 12.1 Å². The molecule has 0 fully saturated rings. The lowest BCUT2D eigenvalue weighted by molar-refractivity contribution is 0.231. The zero-order valence-corrected chi connectivity index (χ0v) is 9.91. The van der Waals surface area contributed by atoms with Crippen LogP contribution in [-0.4, -0.2) is 35.3 Å². The molecule has 0 aliphatic carbocycles. The van der Waals surface area contributed by atoms with Crippen molar-refractivity contribution in [1.82, 2.24) is 5.32 Å². The number of aliphatic hydroxyl groups is 1. The van der Waals surface area contributed by atoms with Crippen molar-refractivity contribution < 1.29 is 5.11 Å². The van der Waals surface area contributed by atoms with E-state index >= 15 is 0 Å². The molecule has 0 aromatic rings. The van der Waals surface area contributed by atoms with Crippen molar-refractivity contribution in [1.29, 1.82) is 0 Å². The molecule has 0 atom stereocenters. The Bertz CT molecular complexity index is 117. The molecule has 80 valence electrons. The second kappa shape index (κ2) is 7.65. The Balaban J connectivity index is 3.29. The van der Waals surface area contributed by atoms with Crippen molar-refractivity contribution in [2.24, 2.45) is 0 Å². The number of hydrogen-bond donors (Lipinski definition) is 2. The molecule has 0 aromatic carbocycles. The van der Waals surface area contributed by atoms with Crippen LogP contribution in [-0.2, 0) is 0 Å². The van der Waals surface area contributed by atoms with Gasteiger partial charge >= 0.3 is 0 Å². The minimum Gasteiger partial charge on any atom is -0.396 e. The molecule has 0 radical (unpaired) electrons. The summed E-state index contributed by atoms with van der Waals surface area (Å²) in [6.07, 6.45) is 2.04. The molecule has 0 rings (SSSR count). The van der Waals surface area contributed by atoms with E-state index in [0.29, 0.717) is 0 Å². The lowest BCUT2D eigenvalue weighted by Gasteiger charge is -2.25. The summed E-state index contributed by atoms with van der Waals surface area (Å²) in [4.78, 5) is 0. The Labute approximate surface area is 86.5 Å². The topological polar surface area (TPSA) is 32.3 Å². The van der Waals surface area contributed by atoms with Crippen molar-refractivity contribution in [3.05, 3.63) is 0 Å². The van der Waals surface area contributed by atoms with Crippen LogP contribution in [0.15, 0.2) is 0 Å². The third kappa shape index (κ3) is 8.60. The van der Waals surface area contributed by atoms with Crippen molar-refractivity contribution in [3.63, 3.8) is 0 Å². The van der Waals surface area contributed by atoms with Crippen molar-refractivity contribution in [2.75, 3.05) is 24.7 Å². The van der Waals surface area contributed by atoms with Crippen LogP contribution in [0.3, 0.4) is 0 Å². The molecule has 0 unspecified atom stereocenters. The van der Waals surface area contributed by atoms with Crippen LogP contribution in [0, 0.1) is 0 Å². The number of thioether (sulfide) groups is 1. The normalized spacial score (nSPS) is 12.0. The van der Waals surface area contributed by atoms with Gasteiger partial charge in [-0.2, -0.15) is 11.8 Å². The summed E-state index contributed by atoms with van der Waals surface area (Å²) in [6.45, 7) is 7.78. The van der Waals surface area contributed by atoms with E-state index in [9.17, 15) is 0 Å². The average molecular weight is 205 g/mol. The van der Waals surface area contributed by atoms with Crippen LogP contribution < -0.4 is 5.32 Å². The SMILES string of the molecule is CCSCCCNC(C)(C)CCO. The van der Waals surface area contributed by atoms with E-state index in [1.165, 1.54) is 17.9 Å². The monoisotopic (exact) mass is 205 g/mol. The fourth-order valence-corrected chi connectivity index (χ4v) is 1.75. The van der Waals surface area contributed by atoms with E-state index in [1.54, 1.807) is 0 Å². The van der Waals surface area contributed by atoms with Crippen LogP contribution in [0.25, 0.3) is 0 Å². The smallest absolute Gasteiger partial charge is 0.0448 e. The highest BCUT2D eigenvalue weighted by molar-refractivity contribution is 7.99. The van der Waals surface area contributed by atoms with Crippen LogP contribution in [0.2, 0.25) is 0 Å². The number of hydrogen-bond acceptors (Lipinski definition) is 3. The van der Waals surface area contributed by atoms with Gasteiger partial charge in [0.1, 0.15) is 0 Å². The molecule has 13 heavy (non-hydrogen) atoms. The molecular weight excluding hydrogens is 182 g/mol. The van der Waals surface area contributed by atoms with Crippen LogP contribution in [0.4, 0.5) is 0 Å². The van der Waals surface area contributed by atoms with Crippen molar-refractivity contribution >= 4 is 11.8 Å². The maximum atomic E-state index is 8.80. The minimum absolute atomic E-state index is 0.0889. The highest BCUT2D eigenvalue weighted by Gasteiger charge is 2.14. The molecule has 0 aliphatic rings. The van der Waals surface area contributed by atoms with E-state index in [-0.39, 0.29) is 12.1 Å². The summed E-state index contributed by atoms with van der Waals surface area (Å²) in [7, 11) is 0. The molecule has 0 saturated carbocycles. The number of rotatable bonds is 8. The highest BCUT2D eigenvalue weighted by Crippen LogP contribution is 2.07. The zero-order chi connectivity index (χ0) is 10.2. The molecule has 0 aromatic heterocycles. The first-order chi connectivity index (χ1) is 6.12. The van der Waals surface area contributed by atoms with Gasteiger partial charge in [-0.1, -0.05) is 6.92 Å². The molecule has 2 N–H and O–H groups in total. The second-order valence-electron chi connectivity index (χ2n) is 3.83. The largest absolute Gasteiger partial charge is 0.396 e. The first kappa shape index (κ1) is 13.3. The Morgan fingerprint density at radius 1 is 1.38 bits per heavy atom. The lowest BCUT2D eigenvalue weighted by atomic mass is 10.0. The fourth-order valence-electron chi connectivity index (χ4n) is 1.11. The molecule has 0 saturated heterocycles. The summed E-state index contributed by atoms with van der Waals surface area (Å²) < 4.78 is 0. The van der Waals surface area contributed by atoms with E-state index in [0.717, 1.165) is 13.0 Å². The van der Waals surface area contributed by atoms with Gasteiger partial charge in [0.05, 0.1) is 0 Å². The van der Waals surface area contributed by atoms with Gasteiger partial charge in [-0.25, -0.2) is 0 Å². The zero-order valence-electron chi connectivity index (χ0n) is 9.10. The summed E-state index contributed by atoms with van der Waals surface area (Å²) in [5, 5.41) is 12.2. The first-order valence-electron chi connectivity index (χ1n) is 5.06. The van der Waals surface area contributed by atoms with Gasteiger partial charge in [0.25, 0.3) is 0 Å². The Morgan fingerprint density at radius 3 is 2.62 bits per heavy atom. The van der Waals surface area contributed by atoms with E-state index < -0.39 is 0 Å². The van der Waals surface area contributed by atoms with Crippen molar-refractivity contribution in [2.45, 2.75) is 39.2 Å². The molecule has 0 amide bonds. The van der Waals surface area contributed by atoms with Gasteiger partial charge in [-0.05, 0) is 44.7 Å². The van der Waals surface area contributed by atoms with E-state index in [1.807, 2.05) is 11.8 Å². The average Bonchev–Trinajstić information content (AvgIpc) is 2.04. The molecule has 0 heterocycles. The third-order valence-corrected chi connectivity index (χ3v) is 3.00. The van der Waals surface area contributed by atoms with Gasteiger partial charge in [0.2, 0.25) is 0 Å². The van der Waals surface area contributed by atoms with Gasteiger partial charge in [-0.15, -0.1) is 0 Å². The fraction of sp³-hybridized carbons (Fsp3) is 1.00. The van der Waals surface area contributed by atoms with Gasteiger partial charge in [0.15, 0.2) is 0 Å². The van der Waals surface area contributed by atoms with Crippen LogP contribution in [0.5, 0.6) is 0 Å². The summed E-state index contributed by atoms with van der Waals surface area (Å²) in [5.74, 6) is 2.44. The first-order valence-corrected chi connectivity index (χ1v) is 6.21. The van der Waals surface area contributed by atoms with E-state index in [4.69, 9.17) is 5.11 Å². The van der Waals surface area contributed by atoms with Crippen LogP contribution in [0.1, 0.15) is 33.6 Å². The summed E-state index contributed by atoms with van der Waals surface area (Å²) in [5.41, 5.74) is 0.0889. The highest BCUT2D eigenvalue weighted by atomic mass is 32.2. The van der Waals surface area contributed by atoms with Gasteiger partial charge < -0.3 is 10.4 Å². The Hall–Kier alpha value is 0.270. The lowest BCUT2D eigenvalue weighted by Crippen LogP contribution is -2.40. The molecule has 0 aliphatic heterocycles. The van der Waals surface area contributed by atoms with Gasteiger partial charge in [-0.3, -0.25) is 0 Å². The predicted octanol–water partition coefficient (Wildman–Crippen LogP) is 1.88. The predicted molar refractivity (Wildman–Crippen MR) is 61.4 cm³/mol. The molecular formula is C10H23NOS. The molecule has 0 spiro atoms. The maximum Gasteiger partial charge on any atom is 0.0448 e. The maximum absolute atomic E-state index is 8.80. The third-order valence-electron chi connectivity index (χ3n) is 2.01. The summed E-state index contributed by atoms with van der Waals surface area (Å²) >= 11 is 1.98. The standard InChI is InChI=1S/C10H23NOS/c1-4-13-9-5-7-11-10(2,3)6-8-12/h11-12H,4-9H2,1-3H3. The Morgan fingerprint density at radius 2 is 2.08 bits per heavy atom. The number of nitrogens with one attached hydrogen (secondary N) is 1. The quantitative estimate of drug-likeness (QED) is 0.593.